The number of hydrogen-bond acceptors (Lipinski definition) is 2. The van der Waals surface area contributed by atoms with E-state index >= 15 is 0 Å². The fourth-order valence-electron chi connectivity index (χ4n) is 3.89. The van der Waals surface area contributed by atoms with Crippen LogP contribution in [0.1, 0.15) is 25.3 Å². The lowest BCUT2D eigenvalue weighted by Gasteiger charge is -2.24. The molecule has 0 amide bonds. The predicted molar refractivity (Wildman–Crippen MR) is 85.7 cm³/mol. The van der Waals surface area contributed by atoms with E-state index in [0.29, 0.717) is 5.41 Å². The number of hydrogen-bond donors (Lipinski definition) is 0. The second-order valence-electron chi connectivity index (χ2n) is 6.85. The van der Waals surface area contributed by atoms with Gasteiger partial charge in [-0.3, -0.25) is 4.90 Å². The van der Waals surface area contributed by atoms with Crippen molar-refractivity contribution in [3.63, 3.8) is 0 Å². The van der Waals surface area contributed by atoms with Gasteiger partial charge in [0.1, 0.15) is 0 Å². The minimum Gasteiger partial charge on any atom is -0.306 e. The Morgan fingerprint density at radius 3 is 2.60 bits per heavy atom. The number of rotatable bonds is 3. The van der Waals surface area contributed by atoms with Gasteiger partial charge < -0.3 is 4.90 Å². The topological polar surface area (TPSA) is 6.48 Å². The van der Waals surface area contributed by atoms with Gasteiger partial charge in [0.15, 0.2) is 0 Å². The first-order chi connectivity index (χ1) is 9.65. The highest BCUT2D eigenvalue weighted by molar-refractivity contribution is 5.52. The van der Waals surface area contributed by atoms with Crippen molar-refractivity contribution in [1.29, 1.82) is 0 Å². The summed E-state index contributed by atoms with van der Waals surface area (Å²) in [4.78, 5) is 5.14. The van der Waals surface area contributed by atoms with Crippen LogP contribution in [0.3, 0.4) is 0 Å². The third-order valence-corrected chi connectivity index (χ3v) is 4.83. The summed E-state index contributed by atoms with van der Waals surface area (Å²) in [6.07, 6.45) is 5.10. The van der Waals surface area contributed by atoms with Crippen LogP contribution in [0, 0.1) is 5.41 Å². The molecule has 2 aliphatic rings. The third kappa shape index (κ3) is 3.13. The van der Waals surface area contributed by atoms with Crippen LogP contribution < -0.4 is 0 Å². The molecule has 2 nitrogen and oxygen atoms in total. The summed E-state index contributed by atoms with van der Waals surface area (Å²) < 4.78 is 0. The summed E-state index contributed by atoms with van der Waals surface area (Å²) >= 11 is 0. The van der Waals surface area contributed by atoms with Crippen molar-refractivity contribution in [2.75, 3.05) is 39.8 Å². The molecule has 0 radical (unpaired) electrons. The second kappa shape index (κ2) is 5.71. The maximum Gasteiger partial charge on any atom is 0.0193 e. The monoisotopic (exact) mass is 270 g/mol. The van der Waals surface area contributed by atoms with Gasteiger partial charge in [0, 0.05) is 19.6 Å². The summed E-state index contributed by atoms with van der Waals surface area (Å²) in [6.45, 7) is 8.53. The fourth-order valence-corrected chi connectivity index (χ4v) is 3.89. The Hall–Kier alpha value is -1.12. The molecule has 2 saturated heterocycles. The Kier molecular flexibility index (Phi) is 3.95. The molecule has 3 rings (SSSR count). The quantitative estimate of drug-likeness (QED) is 0.832. The van der Waals surface area contributed by atoms with Gasteiger partial charge in [0.25, 0.3) is 0 Å². The van der Waals surface area contributed by atoms with Gasteiger partial charge in [-0.15, -0.1) is 0 Å². The highest BCUT2D eigenvalue weighted by atomic mass is 15.2. The molecule has 0 aliphatic carbocycles. The van der Waals surface area contributed by atoms with Gasteiger partial charge in [-0.1, -0.05) is 42.0 Å². The van der Waals surface area contributed by atoms with Crippen LogP contribution in [0.25, 0.3) is 6.08 Å². The Balaban J connectivity index is 1.58. The van der Waals surface area contributed by atoms with Crippen LogP contribution >= 0.6 is 0 Å². The second-order valence-corrected chi connectivity index (χ2v) is 6.85. The van der Waals surface area contributed by atoms with E-state index in [1.807, 2.05) is 0 Å². The van der Waals surface area contributed by atoms with E-state index in [-0.39, 0.29) is 0 Å². The van der Waals surface area contributed by atoms with Gasteiger partial charge in [0.05, 0.1) is 0 Å². The SMILES string of the molecule is C/C(=C\c1ccccc1)CN1CCC2(CCN(C)C2)C1. The van der Waals surface area contributed by atoms with Crippen molar-refractivity contribution in [1.82, 2.24) is 9.80 Å². The summed E-state index contributed by atoms with van der Waals surface area (Å²) in [6, 6.07) is 10.7. The largest absolute Gasteiger partial charge is 0.306 e. The molecule has 0 N–H and O–H groups in total. The van der Waals surface area contributed by atoms with Crippen LogP contribution in [0.2, 0.25) is 0 Å². The Labute approximate surface area is 123 Å². The summed E-state index contributed by atoms with van der Waals surface area (Å²) in [7, 11) is 2.26. The van der Waals surface area contributed by atoms with Gasteiger partial charge >= 0.3 is 0 Å². The smallest absolute Gasteiger partial charge is 0.0193 e. The first-order valence-electron chi connectivity index (χ1n) is 7.78. The maximum atomic E-state index is 2.65. The van der Waals surface area contributed by atoms with Crippen molar-refractivity contribution < 1.29 is 0 Å². The van der Waals surface area contributed by atoms with Gasteiger partial charge in [-0.25, -0.2) is 0 Å². The fraction of sp³-hybridized carbons (Fsp3) is 0.556. The van der Waals surface area contributed by atoms with Gasteiger partial charge in [-0.2, -0.15) is 0 Å². The van der Waals surface area contributed by atoms with Crippen LogP contribution in [0.15, 0.2) is 35.9 Å². The van der Waals surface area contributed by atoms with Gasteiger partial charge in [-0.05, 0) is 50.9 Å². The van der Waals surface area contributed by atoms with Crippen molar-refractivity contribution in [3.05, 3.63) is 41.5 Å². The molecular formula is C18H26N2. The zero-order valence-electron chi connectivity index (χ0n) is 12.8. The van der Waals surface area contributed by atoms with Crippen molar-refractivity contribution in [2.45, 2.75) is 19.8 Å². The normalized spacial score (nSPS) is 28.6. The number of likely N-dealkylation sites (tertiary alicyclic amines) is 2. The zero-order chi connectivity index (χ0) is 14.0. The van der Waals surface area contributed by atoms with Crippen LogP contribution in [0.4, 0.5) is 0 Å². The molecule has 1 aromatic rings. The van der Waals surface area contributed by atoms with Crippen molar-refractivity contribution in [3.8, 4) is 0 Å². The lowest BCUT2D eigenvalue weighted by Crippen LogP contribution is -2.30. The van der Waals surface area contributed by atoms with Crippen LogP contribution in [0.5, 0.6) is 0 Å². The minimum atomic E-state index is 0.599. The molecule has 108 valence electrons. The Bertz CT molecular complexity index is 479. The first-order valence-corrected chi connectivity index (χ1v) is 7.78. The molecule has 0 bridgehead atoms. The standard InChI is InChI=1S/C18H26N2/c1-16(12-17-6-4-3-5-7-17)13-20-11-9-18(15-20)8-10-19(2)14-18/h3-7,12H,8-11,13-15H2,1-2H3/b16-12+. The van der Waals surface area contributed by atoms with E-state index in [9.17, 15) is 0 Å². The van der Waals surface area contributed by atoms with Crippen molar-refractivity contribution in [2.24, 2.45) is 5.41 Å². The molecule has 1 aromatic carbocycles. The van der Waals surface area contributed by atoms with Gasteiger partial charge in [0.2, 0.25) is 0 Å². The van der Waals surface area contributed by atoms with E-state index in [0.717, 1.165) is 6.54 Å². The van der Waals surface area contributed by atoms with Crippen molar-refractivity contribution >= 4 is 6.08 Å². The third-order valence-electron chi connectivity index (χ3n) is 4.83. The molecule has 2 aliphatic heterocycles. The van der Waals surface area contributed by atoms with E-state index in [2.05, 4.69) is 60.2 Å². The Morgan fingerprint density at radius 2 is 1.90 bits per heavy atom. The molecule has 1 spiro atoms. The molecule has 20 heavy (non-hydrogen) atoms. The van der Waals surface area contributed by atoms with Crippen LogP contribution in [-0.2, 0) is 0 Å². The van der Waals surface area contributed by atoms with E-state index in [4.69, 9.17) is 0 Å². The highest BCUT2D eigenvalue weighted by Crippen LogP contribution is 2.38. The molecule has 1 unspecified atom stereocenters. The average molecular weight is 270 g/mol. The zero-order valence-corrected chi connectivity index (χ0v) is 12.8. The highest BCUT2D eigenvalue weighted by Gasteiger charge is 2.41. The maximum absolute atomic E-state index is 2.65. The lowest BCUT2D eigenvalue weighted by molar-refractivity contribution is 0.265. The molecular weight excluding hydrogens is 244 g/mol. The molecule has 2 heteroatoms. The first kappa shape index (κ1) is 13.8. The Morgan fingerprint density at radius 1 is 1.15 bits per heavy atom. The number of nitrogens with zero attached hydrogens (tertiary/aromatic N) is 2. The molecule has 1 atom stereocenters. The van der Waals surface area contributed by atoms with E-state index < -0.39 is 0 Å². The number of benzene rings is 1. The van der Waals surface area contributed by atoms with E-state index in [1.54, 1.807) is 0 Å². The lowest BCUT2D eigenvalue weighted by atomic mass is 9.86. The summed E-state index contributed by atoms with van der Waals surface area (Å²) in [5.74, 6) is 0. The molecule has 0 saturated carbocycles. The van der Waals surface area contributed by atoms with Crippen LogP contribution in [-0.4, -0.2) is 49.6 Å². The minimum absolute atomic E-state index is 0.599. The molecule has 0 aromatic heterocycles. The predicted octanol–water partition coefficient (Wildman–Crippen LogP) is 3.12. The molecule has 2 heterocycles. The van der Waals surface area contributed by atoms with E-state index in [1.165, 1.54) is 50.2 Å². The summed E-state index contributed by atoms with van der Waals surface area (Å²) in [5, 5.41) is 0. The molecule has 2 fully saturated rings. The average Bonchev–Trinajstić information content (AvgIpc) is 2.98. The summed E-state index contributed by atoms with van der Waals surface area (Å²) in [5.41, 5.74) is 3.39.